The van der Waals surface area contributed by atoms with E-state index in [9.17, 15) is 18.5 Å². The Morgan fingerprint density at radius 1 is 1.19 bits per heavy atom. The van der Waals surface area contributed by atoms with Gasteiger partial charge in [0.1, 0.15) is 5.69 Å². The molecule has 2 fully saturated rings. The second-order valence-corrected chi connectivity index (χ2v) is 8.69. The zero-order valence-electron chi connectivity index (χ0n) is 15.2. The number of hydrogen-bond donors (Lipinski definition) is 1. The van der Waals surface area contributed by atoms with E-state index in [0.29, 0.717) is 11.6 Å². The maximum Gasteiger partial charge on any atom is 0.293 e. The lowest BCUT2D eigenvalue weighted by Crippen LogP contribution is -2.39. The summed E-state index contributed by atoms with van der Waals surface area (Å²) < 4.78 is 28.3. The number of nitrogens with zero attached hydrogens (tertiary/aromatic N) is 3. The molecule has 0 bridgehead atoms. The fourth-order valence-electron chi connectivity index (χ4n) is 3.75. The number of nitro benzene ring substituents is 1. The first-order valence-electron chi connectivity index (χ1n) is 9.21. The van der Waals surface area contributed by atoms with E-state index in [0.717, 1.165) is 71.3 Å². The van der Waals surface area contributed by atoms with Crippen molar-refractivity contribution in [1.82, 2.24) is 4.90 Å². The second-order valence-electron chi connectivity index (χ2n) is 7.13. The Bertz CT molecular complexity index is 772. The van der Waals surface area contributed by atoms with E-state index in [-0.39, 0.29) is 10.6 Å². The summed E-state index contributed by atoms with van der Waals surface area (Å²) in [6.45, 7) is 6.10. The fourth-order valence-corrected chi connectivity index (χ4v) is 4.28. The van der Waals surface area contributed by atoms with Crippen LogP contribution >= 0.6 is 0 Å². The summed E-state index contributed by atoms with van der Waals surface area (Å²) in [6, 6.07) is 3.88. The monoisotopic (exact) mass is 398 g/mol. The highest BCUT2D eigenvalue weighted by Gasteiger charge is 2.27. The van der Waals surface area contributed by atoms with Gasteiger partial charge >= 0.3 is 0 Å². The van der Waals surface area contributed by atoms with Crippen LogP contribution in [0.25, 0.3) is 0 Å². The van der Waals surface area contributed by atoms with E-state index in [1.54, 1.807) is 0 Å². The predicted molar refractivity (Wildman–Crippen MR) is 101 cm³/mol. The summed E-state index contributed by atoms with van der Waals surface area (Å²) in [7, 11) is -3.97. The molecule has 0 atom stereocenters. The molecule has 150 valence electrons. The summed E-state index contributed by atoms with van der Waals surface area (Å²) in [5.41, 5.74) is 0.243. The average Bonchev–Trinajstić information content (AvgIpc) is 2.66. The molecule has 3 rings (SSSR count). The number of rotatable bonds is 6. The van der Waals surface area contributed by atoms with E-state index in [2.05, 4.69) is 4.90 Å². The summed E-state index contributed by atoms with van der Waals surface area (Å²) in [5, 5.41) is 16.5. The molecule has 0 amide bonds. The molecule has 2 heterocycles. The van der Waals surface area contributed by atoms with Crippen LogP contribution in [0.1, 0.15) is 19.3 Å². The first-order chi connectivity index (χ1) is 12.8. The van der Waals surface area contributed by atoms with Crippen LogP contribution in [0.15, 0.2) is 23.1 Å². The van der Waals surface area contributed by atoms with Crippen molar-refractivity contribution in [3.8, 4) is 0 Å². The molecule has 0 spiro atoms. The van der Waals surface area contributed by atoms with Gasteiger partial charge in [-0.1, -0.05) is 0 Å². The van der Waals surface area contributed by atoms with Crippen molar-refractivity contribution in [3.63, 3.8) is 0 Å². The van der Waals surface area contributed by atoms with Gasteiger partial charge in [0.2, 0.25) is 10.0 Å². The van der Waals surface area contributed by atoms with Crippen molar-refractivity contribution in [2.45, 2.75) is 24.2 Å². The normalized spacial score (nSPS) is 20.0. The Kier molecular flexibility index (Phi) is 6.30. The van der Waals surface area contributed by atoms with Crippen LogP contribution in [-0.4, -0.2) is 64.2 Å². The first kappa shape index (κ1) is 20.0. The zero-order valence-corrected chi connectivity index (χ0v) is 16.1. The molecule has 1 aromatic rings. The van der Waals surface area contributed by atoms with Gasteiger partial charge in [-0.3, -0.25) is 15.0 Å². The quantitative estimate of drug-likeness (QED) is 0.564. The third-order valence-corrected chi connectivity index (χ3v) is 6.30. The van der Waals surface area contributed by atoms with E-state index in [4.69, 9.17) is 9.88 Å². The van der Waals surface area contributed by atoms with Gasteiger partial charge in [-0.2, -0.15) is 0 Å². The lowest BCUT2D eigenvalue weighted by molar-refractivity contribution is -0.384. The molecule has 27 heavy (non-hydrogen) atoms. The van der Waals surface area contributed by atoms with Gasteiger partial charge in [-0.25, -0.2) is 13.6 Å². The maximum absolute atomic E-state index is 11.5. The second kappa shape index (κ2) is 8.51. The van der Waals surface area contributed by atoms with Crippen molar-refractivity contribution in [2.75, 3.05) is 50.8 Å². The van der Waals surface area contributed by atoms with E-state index < -0.39 is 14.9 Å². The number of morpholine rings is 1. The molecule has 2 aliphatic heterocycles. The van der Waals surface area contributed by atoms with E-state index in [1.807, 2.05) is 4.90 Å². The molecule has 0 aromatic heterocycles. The topological polar surface area (TPSA) is 119 Å². The SMILES string of the molecule is NS(=O)(=O)c1ccc(N2CCC(CCN3CCOCC3)CC2)c([N+](=O)[O-])c1. The standard InChI is InChI=1S/C17H26N4O5S/c18-27(24,25)15-1-2-16(17(13-15)21(22)23)20-7-4-14(5-8-20)3-6-19-9-11-26-12-10-19/h1-2,13-14H,3-12H2,(H2,18,24,25). The number of benzene rings is 1. The van der Waals surface area contributed by atoms with Gasteiger partial charge in [-0.05, 0) is 43.9 Å². The molecule has 0 unspecified atom stereocenters. The average molecular weight is 398 g/mol. The summed E-state index contributed by atoms with van der Waals surface area (Å²) >= 11 is 0. The third-order valence-electron chi connectivity index (χ3n) is 5.38. The van der Waals surface area contributed by atoms with Crippen LogP contribution in [0, 0.1) is 16.0 Å². The molecule has 1 aromatic carbocycles. The summed E-state index contributed by atoms with van der Waals surface area (Å²) in [6.07, 6.45) is 3.07. The van der Waals surface area contributed by atoms with E-state index >= 15 is 0 Å². The molecule has 10 heteroatoms. The van der Waals surface area contributed by atoms with Gasteiger partial charge in [0, 0.05) is 32.2 Å². The Morgan fingerprint density at radius 2 is 1.85 bits per heavy atom. The van der Waals surface area contributed by atoms with Gasteiger partial charge in [0.15, 0.2) is 0 Å². The highest BCUT2D eigenvalue weighted by atomic mass is 32.2. The smallest absolute Gasteiger partial charge is 0.293 e. The van der Waals surface area contributed by atoms with Gasteiger partial charge in [0.25, 0.3) is 5.69 Å². The molecule has 9 nitrogen and oxygen atoms in total. The van der Waals surface area contributed by atoms with Crippen LogP contribution in [-0.2, 0) is 14.8 Å². The first-order valence-corrected chi connectivity index (χ1v) is 10.8. The van der Waals surface area contributed by atoms with Gasteiger partial charge in [0.05, 0.1) is 23.0 Å². The number of nitro groups is 1. The van der Waals surface area contributed by atoms with E-state index in [1.165, 1.54) is 12.1 Å². The van der Waals surface area contributed by atoms with Crippen LogP contribution in [0.4, 0.5) is 11.4 Å². The maximum atomic E-state index is 11.5. The number of nitrogens with two attached hydrogens (primary N) is 1. The van der Waals surface area contributed by atoms with Crippen LogP contribution in [0.5, 0.6) is 0 Å². The number of sulfonamides is 1. The zero-order chi connectivity index (χ0) is 19.4. The molecular weight excluding hydrogens is 372 g/mol. The Balaban J connectivity index is 1.61. The van der Waals surface area contributed by atoms with Crippen molar-refractivity contribution in [2.24, 2.45) is 11.1 Å². The predicted octanol–water partition coefficient (Wildman–Crippen LogP) is 1.18. The minimum absolute atomic E-state index is 0.215. The summed E-state index contributed by atoms with van der Waals surface area (Å²) in [4.78, 5) is 15.0. The molecule has 0 radical (unpaired) electrons. The lowest BCUT2D eigenvalue weighted by atomic mass is 9.93. The molecular formula is C17H26N4O5S. The number of hydrogen-bond acceptors (Lipinski definition) is 7. The van der Waals surface area contributed by atoms with Gasteiger partial charge < -0.3 is 9.64 Å². The minimum atomic E-state index is -3.97. The molecule has 0 aliphatic carbocycles. The van der Waals surface area contributed by atoms with Crippen LogP contribution in [0.3, 0.4) is 0 Å². The van der Waals surface area contributed by atoms with Gasteiger partial charge in [-0.15, -0.1) is 0 Å². The van der Waals surface area contributed by atoms with Crippen molar-refractivity contribution in [3.05, 3.63) is 28.3 Å². The molecule has 2 N–H and O–H groups in total. The number of piperidine rings is 1. The highest BCUT2D eigenvalue weighted by Crippen LogP contribution is 2.33. The lowest BCUT2D eigenvalue weighted by Gasteiger charge is -2.35. The van der Waals surface area contributed by atoms with Crippen LogP contribution in [0.2, 0.25) is 0 Å². The largest absolute Gasteiger partial charge is 0.379 e. The van der Waals surface area contributed by atoms with Crippen molar-refractivity contribution in [1.29, 1.82) is 0 Å². The molecule has 0 saturated carbocycles. The number of anilines is 1. The minimum Gasteiger partial charge on any atom is -0.379 e. The Labute approximate surface area is 159 Å². The van der Waals surface area contributed by atoms with Crippen molar-refractivity contribution >= 4 is 21.4 Å². The summed E-state index contributed by atoms with van der Waals surface area (Å²) in [5.74, 6) is 0.604. The fraction of sp³-hybridized carbons (Fsp3) is 0.647. The number of ether oxygens (including phenoxy) is 1. The molecule has 2 aliphatic rings. The Hall–Kier alpha value is -1.75. The highest BCUT2D eigenvalue weighted by molar-refractivity contribution is 7.89. The van der Waals surface area contributed by atoms with Crippen molar-refractivity contribution < 1.29 is 18.1 Å². The Morgan fingerprint density at radius 3 is 2.44 bits per heavy atom. The molecule has 2 saturated heterocycles. The number of primary sulfonamides is 1. The van der Waals surface area contributed by atoms with Crippen LogP contribution < -0.4 is 10.0 Å². The third kappa shape index (κ3) is 5.16.